The molecule has 2 aliphatic carbocycles. The van der Waals surface area contributed by atoms with Crippen molar-refractivity contribution < 1.29 is 0 Å². The minimum Gasteiger partial charge on any atom is -0.0656 e. The summed E-state index contributed by atoms with van der Waals surface area (Å²) in [5, 5.41) is 1.53. The fraction of sp³-hybridized carbons (Fsp3) is 0.143. The molecule has 2 aliphatic rings. The van der Waals surface area contributed by atoms with Crippen LogP contribution >= 0.6 is 0 Å². The number of rotatable bonds is 1. The van der Waals surface area contributed by atoms with E-state index in [2.05, 4.69) is 111 Å². The molecule has 4 aromatic rings. The zero-order chi connectivity index (χ0) is 19.8. The van der Waals surface area contributed by atoms with Gasteiger partial charge in [-0.1, -0.05) is 116 Å². The van der Waals surface area contributed by atoms with E-state index < -0.39 is 8.07 Å². The number of fused-ring (bicyclic) bond motifs is 10. The van der Waals surface area contributed by atoms with Gasteiger partial charge in [-0.3, -0.25) is 0 Å². The molecular formula is C28H24Si. The third-order valence-electron chi connectivity index (χ3n) is 6.86. The van der Waals surface area contributed by atoms with Gasteiger partial charge in [0.1, 0.15) is 0 Å². The van der Waals surface area contributed by atoms with Crippen LogP contribution in [0.25, 0.3) is 22.3 Å². The summed E-state index contributed by atoms with van der Waals surface area (Å²) in [4.78, 5) is 0. The summed E-state index contributed by atoms with van der Waals surface area (Å²) in [6.45, 7) is 7.33. The van der Waals surface area contributed by atoms with Crippen LogP contribution in [0.3, 0.4) is 0 Å². The van der Waals surface area contributed by atoms with E-state index in [1.165, 1.54) is 49.7 Å². The molecule has 0 N–H and O–H groups in total. The Morgan fingerprint density at radius 1 is 0.483 bits per heavy atom. The Kier molecular flexibility index (Phi) is 3.27. The number of hydrogen-bond acceptors (Lipinski definition) is 0. The van der Waals surface area contributed by atoms with E-state index in [1.807, 2.05) is 0 Å². The van der Waals surface area contributed by atoms with Crippen LogP contribution in [0.2, 0.25) is 19.6 Å². The molecule has 0 radical (unpaired) electrons. The van der Waals surface area contributed by atoms with Crippen molar-refractivity contribution in [1.82, 2.24) is 0 Å². The molecule has 140 valence electrons. The van der Waals surface area contributed by atoms with Gasteiger partial charge in [0.25, 0.3) is 0 Å². The normalized spacial score (nSPS) is 15.0. The van der Waals surface area contributed by atoms with Gasteiger partial charge >= 0.3 is 0 Å². The van der Waals surface area contributed by atoms with Crippen LogP contribution in [0.1, 0.15) is 22.3 Å². The molecule has 0 amide bonds. The molecule has 0 fully saturated rings. The molecule has 0 atom stereocenters. The Balaban J connectivity index is 1.82. The van der Waals surface area contributed by atoms with Gasteiger partial charge in [-0.2, -0.15) is 0 Å². The third kappa shape index (κ3) is 2.04. The van der Waals surface area contributed by atoms with Crippen LogP contribution in [-0.4, -0.2) is 8.07 Å². The van der Waals surface area contributed by atoms with E-state index in [-0.39, 0.29) is 5.41 Å². The summed E-state index contributed by atoms with van der Waals surface area (Å²) in [7, 11) is -1.43. The van der Waals surface area contributed by atoms with Crippen molar-refractivity contribution in [1.29, 1.82) is 0 Å². The Hall–Kier alpha value is -2.90. The van der Waals surface area contributed by atoms with Crippen LogP contribution in [0, 0.1) is 0 Å². The molecule has 4 aromatic carbocycles. The molecule has 0 aromatic heterocycles. The lowest BCUT2D eigenvalue weighted by Gasteiger charge is -2.31. The van der Waals surface area contributed by atoms with Crippen molar-refractivity contribution in [2.24, 2.45) is 0 Å². The Morgan fingerprint density at radius 3 is 1.34 bits per heavy atom. The van der Waals surface area contributed by atoms with E-state index in [0.29, 0.717) is 0 Å². The van der Waals surface area contributed by atoms with Gasteiger partial charge in [-0.25, -0.2) is 0 Å². The molecule has 0 unspecified atom stereocenters. The Labute approximate surface area is 173 Å². The second-order valence-corrected chi connectivity index (χ2v) is 14.5. The highest BCUT2D eigenvalue weighted by Gasteiger charge is 2.51. The van der Waals surface area contributed by atoms with Gasteiger partial charge in [0.2, 0.25) is 0 Å². The molecule has 0 heterocycles. The summed E-state index contributed by atoms with van der Waals surface area (Å²) >= 11 is 0. The van der Waals surface area contributed by atoms with Crippen molar-refractivity contribution >= 4 is 13.3 Å². The average molecular weight is 389 g/mol. The highest BCUT2D eigenvalue weighted by atomic mass is 28.3. The molecule has 0 aliphatic heterocycles. The van der Waals surface area contributed by atoms with Crippen molar-refractivity contribution in [3.05, 3.63) is 113 Å². The van der Waals surface area contributed by atoms with Gasteiger partial charge in [-0.15, -0.1) is 0 Å². The van der Waals surface area contributed by atoms with E-state index in [9.17, 15) is 0 Å². The van der Waals surface area contributed by atoms with E-state index in [1.54, 1.807) is 0 Å². The lowest BCUT2D eigenvalue weighted by Crippen LogP contribution is -2.38. The molecule has 1 spiro atoms. The lowest BCUT2D eigenvalue weighted by molar-refractivity contribution is 0.794. The van der Waals surface area contributed by atoms with Gasteiger partial charge < -0.3 is 0 Å². The van der Waals surface area contributed by atoms with Crippen molar-refractivity contribution in [3.63, 3.8) is 0 Å². The zero-order valence-corrected chi connectivity index (χ0v) is 18.2. The molecule has 0 saturated heterocycles. The van der Waals surface area contributed by atoms with Gasteiger partial charge in [0.05, 0.1) is 13.5 Å². The van der Waals surface area contributed by atoms with Gasteiger partial charge in [-0.05, 0) is 44.5 Å². The van der Waals surface area contributed by atoms with Crippen LogP contribution in [-0.2, 0) is 5.41 Å². The predicted octanol–water partition coefficient (Wildman–Crippen LogP) is 6.58. The molecule has 1 heteroatoms. The molecule has 29 heavy (non-hydrogen) atoms. The maximum absolute atomic E-state index is 2.54. The van der Waals surface area contributed by atoms with Crippen LogP contribution in [0.5, 0.6) is 0 Å². The van der Waals surface area contributed by atoms with Gasteiger partial charge in [0, 0.05) is 0 Å². The van der Waals surface area contributed by atoms with Crippen LogP contribution in [0.15, 0.2) is 91.0 Å². The first-order chi connectivity index (χ1) is 14.0. The fourth-order valence-corrected chi connectivity index (χ4v) is 6.72. The second kappa shape index (κ2) is 5.58. The summed E-state index contributed by atoms with van der Waals surface area (Å²) in [6.07, 6.45) is 0. The molecule has 6 rings (SSSR count). The first-order valence-electron chi connectivity index (χ1n) is 10.5. The van der Waals surface area contributed by atoms with Crippen molar-refractivity contribution in [3.8, 4) is 22.3 Å². The summed E-state index contributed by atoms with van der Waals surface area (Å²) in [6, 6.07) is 34.4. The SMILES string of the molecule is C[Si](C)(C)c1ccc2c(c1)C1(c3ccccc3-c3ccccc31)c1ccccc1-2. The van der Waals surface area contributed by atoms with Crippen molar-refractivity contribution in [2.45, 2.75) is 25.1 Å². The van der Waals surface area contributed by atoms with Gasteiger partial charge in [0.15, 0.2) is 0 Å². The van der Waals surface area contributed by atoms with Crippen LogP contribution < -0.4 is 5.19 Å². The molecule has 0 saturated carbocycles. The first kappa shape index (κ1) is 17.0. The summed E-state index contributed by atoms with van der Waals surface area (Å²) in [5.41, 5.74) is 11.1. The standard InChI is InChI=1S/C28H24Si/c1-29(2,3)19-16-17-23-22-12-6-9-15-26(22)28(27(23)18-19)24-13-7-4-10-20(24)21-11-5-8-14-25(21)28/h4-18H,1-3H3. The average Bonchev–Trinajstić information content (AvgIpc) is 3.20. The quantitative estimate of drug-likeness (QED) is 0.279. The fourth-order valence-electron chi connectivity index (χ4n) is 5.56. The number of benzene rings is 4. The lowest BCUT2D eigenvalue weighted by atomic mass is 9.70. The molecule has 0 bridgehead atoms. The highest BCUT2D eigenvalue weighted by molar-refractivity contribution is 6.88. The highest BCUT2D eigenvalue weighted by Crippen LogP contribution is 2.62. The Morgan fingerprint density at radius 2 is 0.897 bits per heavy atom. The largest absolute Gasteiger partial charge is 0.0776 e. The zero-order valence-electron chi connectivity index (χ0n) is 17.2. The minimum atomic E-state index is -1.43. The van der Waals surface area contributed by atoms with E-state index in [0.717, 1.165) is 0 Å². The third-order valence-corrected chi connectivity index (χ3v) is 8.91. The number of hydrogen-bond donors (Lipinski definition) is 0. The maximum atomic E-state index is 2.54. The summed E-state index contributed by atoms with van der Waals surface area (Å²) < 4.78 is 0. The molecule has 0 nitrogen and oxygen atoms in total. The topological polar surface area (TPSA) is 0 Å². The smallest absolute Gasteiger partial charge is 0.0656 e. The Bertz CT molecular complexity index is 1230. The van der Waals surface area contributed by atoms with E-state index >= 15 is 0 Å². The predicted molar refractivity (Wildman–Crippen MR) is 126 cm³/mol. The summed E-state index contributed by atoms with van der Waals surface area (Å²) in [5.74, 6) is 0. The minimum absolute atomic E-state index is 0.200. The monoisotopic (exact) mass is 388 g/mol. The van der Waals surface area contributed by atoms with Crippen LogP contribution in [0.4, 0.5) is 0 Å². The molecular weight excluding hydrogens is 364 g/mol. The van der Waals surface area contributed by atoms with E-state index in [4.69, 9.17) is 0 Å². The van der Waals surface area contributed by atoms with Crippen molar-refractivity contribution in [2.75, 3.05) is 0 Å². The first-order valence-corrected chi connectivity index (χ1v) is 14.0. The second-order valence-electron chi connectivity index (χ2n) is 9.40. The maximum Gasteiger partial charge on any atom is 0.0776 e.